The molecule has 43 heavy (non-hydrogen) atoms. The predicted molar refractivity (Wildman–Crippen MR) is 144 cm³/mol. The number of phenols is 3. The summed E-state index contributed by atoms with van der Waals surface area (Å²) in [5.41, 5.74) is -1.01. The number of methoxy groups -OCH3 is 1. The molecule has 234 valence electrons. The number of ether oxygens (including phenoxy) is 5. The number of hydrogen-bond donors (Lipinski definition) is 8. The lowest BCUT2D eigenvalue weighted by molar-refractivity contribution is -0.352. The van der Waals surface area contributed by atoms with Crippen molar-refractivity contribution in [1.29, 1.82) is 0 Å². The molecule has 15 heteroatoms. The summed E-state index contributed by atoms with van der Waals surface area (Å²) in [5, 5.41) is 82.4. The fourth-order valence-corrected chi connectivity index (χ4v) is 5.02. The maximum atomic E-state index is 13.8. The van der Waals surface area contributed by atoms with Crippen LogP contribution in [-0.2, 0) is 14.2 Å². The summed E-state index contributed by atoms with van der Waals surface area (Å²) in [7, 11) is 1.30. The number of rotatable bonds is 6. The Hall–Kier alpha value is -3.67. The fourth-order valence-electron chi connectivity index (χ4n) is 5.02. The molecule has 0 spiro atoms. The molecule has 3 heterocycles. The third-order valence-corrected chi connectivity index (χ3v) is 7.48. The largest absolute Gasteiger partial charge is 0.508 e. The number of benzene rings is 2. The van der Waals surface area contributed by atoms with E-state index in [4.69, 9.17) is 28.1 Å². The molecule has 0 saturated carbocycles. The van der Waals surface area contributed by atoms with Crippen molar-refractivity contribution in [2.45, 2.75) is 75.3 Å². The second kappa shape index (κ2) is 11.8. The number of aliphatic hydroxyl groups is 5. The molecule has 2 aliphatic heterocycles. The fraction of sp³-hybridized carbons (Fsp3) is 0.464. The number of aliphatic hydroxyl groups excluding tert-OH is 5. The minimum atomic E-state index is -1.79. The highest BCUT2D eigenvalue weighted by molar-refractivity contribution is 5.88. The van der Waals surface area contributed by atoms with E-state index in [1.54, 1.807) is 0 Å². The number of aromatic hydroxyl groups is 3. The van der Waals surface area contributed by atoms with Gasteiger partial charge in [0.05, 0.1) is 19.3 Å². The van der Waals surface area contributed by atoms with Gasteiger partial charge in [-0.1, -0.05) is 0 Å². The minimum Gasteiger partial charge on any atom is -0.508 e. The Morgan fingerprint density at radius 3 is 2.09 bits per heavy atom. The number of hydrogen-bond acceptors (Lipinski definition) is 15. The van der Waals surface area contributed by atoms with Crippen molar-refractivity contribution in [1.82, 2.24) is 0 Å². The number of fused-ring (bicyclic) bond motifs is 1. The average molecular weight is 609 g/mol. The molecule has 2 fully saturated rings. The van der Waals surface area contributed by atoms with E-state index < -0.39 is 84.1 Å². The van der Waals surface area contributed by atoms with Crippen LogP contribution in [0.25, 0.3) is 22.3 Å². The molecule has 2 aromatic carbocycles. The maximum absolute atomic E-state index is 13.8. The van der Waals surface area contributed by atoms with Gasteiger partial charge in [-0.05, 0) is 32.0 Å². The lowest BCUT2D eigenvalue weighted by Gasteiger charge is -2.45. The zero-order valence-corrected chi connectivity index (χ0v) is 23.1. The van der Waals surface area contributed by atoms with Crippen molar-refractivity contribution in [2.24, 2.45) is 0 Å². The van der Waals surface area contributed by atoms with Crippen molar-refractivity contribution >= 4 is 11.0 Å². The summed E-state index contributed by atoms with van der Waals surface area (Å²) in [6.45, 7) is 2.83. The van der Waals surface area contributed by atoms with Crippen molar-refractivity contribution < 1.29 is 69.0 Å². The lowest BCUT2D eigenvalue weighted by Crippen LogP contribution is -2.63. The summed E-state index contributed by atoms with van der Waals surface area (Å²) in [5.74, 6) is -2.09. The summed E-state index contributed by atoms with van der Waals surface area (Å²) < 4.78 is 34.0. The molecule has 0 amide bonds. The van der Waals surface area contributed by atoms with E-state index in [2.05, 4.69) is 0 Å². The highest BCUT2D eigenvalue weighted by Gasteiger charge is 2.50. The van der Waals surface area contributed by atoms with Gasteiger partial charge in [-0.2, -0.15) is 0 Å². The Balaban J connectivity index is 1.62. The van der Waals surface area contributed by atoms with Crippen molar-refractivity contribution in [3.05, 3.63) is 40.6 Å². The monoisotopic (exact) mass is 608 g/mol. The highest BCUT2D eigenvalue weighted by atomic mass is 16.8. The van der Waals surface area contributed by atoms with E-state index in [9.17, 15) is 45.6 Å². The van der Waals surface area contributed by atoms with Gasteiger partial charge in [-0.15, -0.1) is 0 Å². The molecule has 1 aromatic heterocycles. The molecule has 2 saturated heterocycles. The van der Waals surface area contributed by atoms with Crippen LogP contribution in [0.2, 0.25) is 0 Å². The molecule has 0 bridgehead atoms. The Labute approximate surface area is 243 Å². The van der Waals surface area contributed by atoms with Crippen LogP contribution in [-0.4, -0.2) is 109 Å². The van der Waals surface area contributed by atoms with Gasteiger partial charge >= 0.3 is 0 Å². The van der Waals surface area contributed by atoms with Gasteiger partial charge < -0.3 is 69.0 Å². The molecule has 3 aromatic rings. The normalized spacial score (nSPS) is 32.9. The van der Waals surface area contributed by atoms with E-state index in [0.29, 0.717) is 0 Å². The molecule has 5 rings (SSSR count). The molecule has 0 radical (unpaired) electrons. The molecule has 8 N–H and O–H groups in total. The third-order valence-electron chi connectivity index (χ3n) is 7.48. The summed E-state index contributed by atoms with van der Waals surface area (Å²) >= 11 is 0. The van der Waals surface area contributed by atoms with Crippen LogP contribution < -0.4 is 14.9 Å². The molecular weight excluding hydrogens is 576 g/mol. The molecule has 0 aliphatic carbocycles. The topological polar surface area (TPSA) is 238 Å². The van der Waals surface area contributed by atoms with E-state index in [-0.39, 0.29) is 33.8 Å². The summed E-state index contributed by atoms with van der Waals surface area (Å²) in [6.07, 6.45) is -15.2. The first-order valence-electron chi connectivity index (χ1n) is 13.3. The van der Waals surface area contributed by atoms with Crippen LogP contribution in [0.5, 0.6) is 28.7 Å². The van der Waals surface area contributed by atoms with E-state index >= 15 is 0 Å². The van der Waals surface area contributed by atoms with Crippen LogP contribution in [0, 0.1) is 0 Å². The Kier molecular flexibility index (Phi) is 8.43. The Morgan fingerprint density at radius 1 is 0.767 bits per heavy atom. The van der Waals surface area contributed by atoms with Crippen LogP contribution in [0.15, 0.2) is 39.5 Å². The van der Waals surface area contributed by atoms with Gasteiger partial charge in [0, 0.05) is 17.7 Å². The average Bonchev–Trinajstić information content (AvgIpc) is 2.96. The van der Waals surface area contributed by atoms with Crippen molar-refractivity contribution in [3.8, 4) is 40.1 Å². The van der Waals surface area contributed by atoms with E-state index in [1.165, 1.54) is 39.2 Å². The van der Waals surface area contributed by atoms with Gasteiger partial charge in [0.25, 0.3) is 0 Å². The van der Waals surface area contributed by atoms with E-state index in [0.717, 1.165) is 12.1 Å². The van der Waals surface area contributed by atoms with Gasteiger partial charge in [0.2, 0.25) is 17.5 Å². The van der Waals surface area contributed by atoms with Crippen LogP contribution in [0.1, 0.15) is 13.8 Å². The van der Waals surface area contributed by atoms with Gasteiger partial charge in [-0.3, -0.25) is 4.79 Å². The van der Waals surface area contributed by atoms with Crippen LogP contribution in [0.4, 0.5) is 0 Å². The SMILES string of the molecule is COc1cc(-c2oc3cc(O)cc(O)c3c(=O)c2O[C@H]2O[C@@H](C)[C@H](O)[C@H](O)[C@@H]2O[C@@H]2O[C@@H](C)[C@H](O)[C@H](O)[C@@H]2O)ccc1O. The third kappa shape index (κ3) is 5.57. The van der Waals surface area contributed by atoms with Crippen molar-refractivity contribution in [2.75, 3.05) is 7.11 Å². The highest BCUT2D eigenvalue weighted by Crippen LogP contribution is 2.40. The maximum Gasteiger partial charge on any atom is 0.239 e. The first-order chi connectivity index (χ1) is 20.3. The van der Waals surface area contributed by atoms with Crippen molar-refractivity contribution in [3.63, 3.8) is 0 Å². The molecular formula is C28H32O15. The smallest absolute Gasteiger partial charge is 0.239 e. The van der Waals surface area contributed by atoms with Crippen LogP contribution >= 0.6 is 0 Å². The van der Waals surface area contributed by atoms with E-state index in [1.807, 2.05) is 0 Å². The minimum absolute atomic E-state index is 0.00513. The molecule has 0 unspecified atom stereocenters. The zero-order valence-electron chi connectivity index (χ0n) is 23.1. The predicted octanol–water partition coefficient (Wildman–Crippen LogP) is -0.357. The van der Waals surface area contributed by atoms with Gasteiger partial charge in [0.15, 0.2) is 29.7 Å². The second-order valence-electron chi connectivity index (χ2n) is 10.4. The Bertz CT molecular complexity index is 1540. The lowest BCUT2D eigenvalue weighted by atomic mass is 9.98. The first kappa shape index (κ1) is 30.8. The zero-order chi connectivity index (χ0) is 31.3. The van der Waals surface area contributed by atoms with Crippen LogP contribution in [0.3, 0.4) is 0 Å². The summed E-state index contributed by atoms with van der Waals surface area (Å²) in [6, 6.07) is 5.96. The quantitative estimate of drug-likeness (QED) is 0.178. The summed E-state index contributed by atoms with van der Waals surface area (Å²) in [4.78, 5) is 13.8. The standard InChI is InChI=1S/C28H32O15/c1-9-18(32)21(35)23(37)27(39-9)43-26-22(36)19(33)10(2)40-28(26)42-25-20(34)17-14(31)7-12(29)8-16(17)41-24(25)11-4-5-13(30)15(6-11)38-3/h4-10,18-19,21-23,26-33,35-37H,1-3H3/t9-,10-,18-,19-,21-,22-,23-,26-,27-,28+/m0/s1. The Morgan fingerprint density at radius 2 is 1.42 bits per heavy atom. The molecule has 10 atom stereocenters. The molecule has 15 nitrogen and oxygen atoms in total. The van der Waals surface area contributed by atoms with Gasteiger partial charge in [-0.25, -0.2) is 0 Å². The number of phenolic OH excluding ortho intramolecular Hbond substituents is 3. The first-order valence-corrected chi connectivity index (χ1v) is 13.3. The van der Waals surface area contributed by atoms with Gasteiger partial charge in [0.1, 0.15) is 53.0 Å². The second-order valence-corrected chi connectivity index (χ2v) is 10.4. The molecule has 2 aliphatic rings.